The lowest BCUT2D eigenvalue weighted by atomic mass is 9.87. The highest BCUT2D eigenvalue weighted by atomic mass is 16.5. The highest BCUT2D eigenvalue weighted by Gasteiger charge is 2.13. The Hall–Kier alpha value is -3.28. The SMILES string of the molecule is COc1ccc(Nc2nccc(Nc3ccc(C(C)(C)C)cc3)n2)cc1OC. The standard InChI is InChI=1S/C22H26N4O2/c1-22(2,3)15-6-8-16(9-7-15)24-20-12-13-23-21(26-20)25-17-10-11-18(27-4)19(14-17)28-5/h6-14H,1-5H3,(H2,23,24,25,26). The molecule has 0 unspecified atom stereocenters. The molecule has 6 nitrogen and oxygen atoms in total. The lowest BCUT2D eigenvalue weighted by Crippen LogP contribution is -2.10. The van der Waals surface area contributed by atoms with Crippen LogP contribution in [0.25, 0.3) is 0 Å². The van der Waals surface area contributed by atoms with Crippen molar-refractivity contribution in [3.63, 3.8) is 0 Å². The van der Waals surface area contributed by atoms with Crippen molar-refractivity contribution >= 4 is 23.1 Å². The maximum atomic E-state index is 5.33. The van der Waals surface area contributed by atoms with Crippen molar-refractivity contribution in [1.29, 1.82) is 0 Å². The van der Waals surface area contributed by atoms with Crippen LogP contribution in [-0.2, 0) is 5.41 Å². The summed E-state index contributed by atoms with van der Waals surface area (Å²) < 4.78 is 10.6. The monoisotopic (exact) mass is 378 g/mol. The van der Waals surface area contributed by atoms with E-state index in [-0.39, 0.29) is 5.41 Å². The predicted octanol–water partition coefficient (Wildman–Crippen LogP) is 5.28. The van der Waals surface area contributed by atoms with Gasteiger partial charge in [-0.3, -0.25) is 0 Å². The molecule has 3 rings (SSSR count). The molecule has 0 atom stereocenters. The Labute approximate surface area is 166 Å². The zero-order valence-corrected chi connectivity index (χ0v) is 16.9. The fourth-order valence-corrected chi connectivity index (χ4v) is 2.73. The molecule has 0 aliphatic rings. The predicted molar refractivity (Wildman–Crippen MR) is 113 cm³/mol. The lowest BCUT2D eigenvalue weighted by Gasteiger charge is -2.19. The van der Waals surface area contributed by atoms with E-state index >= 15 is 0 Å². The van der Waals surface area contributed by atoms with Gasteiger partial charge in [0.2, 0.25) is 5.95 Å². The van der Waals surface area contributed by atoms with Crippen molar-refractivity contribution in [3.8, 4) is 11.5 Å². The van der Waals surface area contributed by atoms with Gasteiger partial charge in [-0.2, -0.15) is 4.98 Å². The maximum Gasteiger partial charge on any atom is 0.229 e. The minimum Gasteiger partial charge on any atom is -0.493 e. The van der Waals surface area contributed by atoms with E-state index in [2.05, 4.69) is 65.6 Å². The van der Waals surface area contributed by atoms with Crippen LogP contribution in [0.2, 0.25) is 0 Å². The molecule has 2 N–H and O–H groups in total. The third-order valence-corrected chi connectivity index (χ3v) is 4.32. The summed E-state index contributed by atoms with van der Waals surface area (Å²) in [6, 6.07) is 15.8. The van der Waals surface area contributed by atoms with Gasteiger partial charge in [0, 0.05) is 23.6 Å². The smallest absolute Gasteiger partial charge is 0.229 e. The van der Waals surface area contributed by atoms with E-state index in [9.17, 15) is 0 Å². The largest absolute Gasteiger partial charge is 0.493 e. The number of nitrogens with zero attached hydrogens (tertiary/aromatic N) is 2. The van der Waals surface area contributed by atoms with Crippen LogP contribution in [0.3, 0.4) is 0 Å². The van der Waals surface area contributed by atoms with E-state index < -0.39 is 0 Å². The van der Waals surface area contributed by atoms with Gasteiger partial charge in [-0.05, 0) is 41.3 Å². The van der Waals surface area contributed by atoms with E-state index in [1.165, 1.54) is 5.56 Å². The molecule has 0 saturated carbocycles. The molecule has 3 aromatic rings. The van der Waals surface area contributed by atoms with Gasteiger partial charge in [-0.1, -0.05) is 32.9 Å². The molecule has 6 heteroatoms. The van der Waals surface area contributed by atoms with E-state index in [1.54, 1.807) is 20.4 Å². The number of hydrogen-bond donors (Lipinski definition) is 2. The third-order valence-electron chi connectivity index (χ3n) is 4.32. The van der Waals surface area contributed by atoms with E-state index in [4.69, 9.17) is 9.47 Å². The molecule has 1 heterocycles. The second-order valence-electron chi connectivity index (χ2n) is 7.41. The Bertz CT molecular complexity index is 934. The first-order chi connectivity index (χ1) is 13.4. The summed E-state index contributed by atoms with van der Waals surface area (Å²) in [4.78, 5) is 8.81. The summed E-state index contributed by atoms with van der Waals surface area (Å²) in [6.07, 6.45) is 1.71. The first kappa shape index (κ1) is 19.5. The van der Waals surface area contributed by atoms with E-state index in [1.807, 2.05) is 24.3 Å². The molecule has 0 amide bonds. The van der Waals surface area contributed by atoms with Crippen LogP contribution in [0.5, 0.6) is 11.5 Å². The first-order valence-electron chi connectivity index (χ1n) is 9.09. The quantitative estimate of drug-likeness (QED) is 0.608. The number of benzene rings is 2. The number of aromatic nitrogens is 2. The van der Waals surface area contributed by atoms with Crippen molar-refractivity contribution in [2.24, 2.45) is 0 Å². The topological polar surface area (TPSA) is 68.3 Å². The summed E-state index contributed by atoms with van der Waals surface area (Å²) >= 11 is 0. The molecule has 2 aromatic carbocycles. The number of ether oxygens (including phenoxy) is 2. The zero-order chi connectivity index (χ0) is 20.1. The molecule has 0 aliphatic heterocycles. The average Bonchev–Trinajstić information content (AvgIpc) is 2.68. The van der Waals surface area contributed by atoms with E-state index in [0.29, 0.717) is 23.3 Å². The summed E-state index contributed by atoms with van der Waals surface area (Å²) in [5, 5.41) is 6.50. The van der Waals surface area contributed by atoms with Crippen LogP contribution in [0.1, 0.15) is 26.3 Å². The van der Waals surface area contributed by atoms with Gasteiger partial charge in [0.05, 0.1) is 14.2 Å². The molecular formula is C22H26N4O2. The second kappa shape index (κ2) is 8.17. The van der Waals surface area contributed by atoms with Gasteiger partial charge in [-0.25, -0.2) is 4.98 Å². The molecule has 0 aliphatic carbocycles. The third kappa shape index (κ3) is 4.71. The number of nitrogens with one attached hydrogen (secondary N) is 2. The summed E-state index contributed by atoms with van der Waals surface area (Å²) in [7, 11) is 3.21. The van der Waals surface area contributed by atoms with Gasteiger partial charge < -0.3 is 20.1 Å². The number of rotatable bonds is 6. The zero-order valence-electron chi connectivity index (χ0n) is 16.9. The van der Waals surface area contributed by atoms with Crippen molar-refractivity contribution in [1.82, 2.24) is 9.97 Å². The summed E-state index contributed by atoms with van der Waals surface area (Å²) in [5.41, 5.74) is 3.20. The van der Waals surface area contributed by atoms with Gasteiger partial charge in [0.15, 0.2) is 11.5 Å². The fraction of sp³-hybridized carbons (Fsp3) is 0.273. The van der Waals surface area contributed by atoms with Crippen molar-refractivity contribution in [2.45, 2.75) is 26.2 Å². The molecule has 0 saturated heterocycles. The molecule has 0 bridgehead atoms. The Morgan fingerprint density at radius 1 is 0.786 bits per heavy atom. The Morgan fingerprint density at radius 2 is 1.46 bits per heavy atom. The first-order valence-corrected chi connectivity index (χ1v) is 9.09. The number of hydrogen-bond acceptors (Lipinski definition) is 6. The Balaban J connectivity index is 1.74. The highest BCUT2D eigenvalue weighted by molar-refractivity contribution is 5.62. The number of anilines is 4. The van der Waals surface area contributed by atoms with Crippen LogP contribution in [0.4, 0.5) is 23.1 Å². The van der Waals surface area contributed by atoms with Crippen molar-refractivity contribution in [2.75, 3.05) is 24.9 Å². The van der Waals surface area contributed by atoms with Crippen LogP contribution >= 0.6 is 0 Å². The average molecular weight is 378 g/mol. The van der Waals surface area contributed by atoms with Crippen molar-refractivity contribution < 1.29 is 9.47 Å². The van der Waals surface area contributed by atoms with Gasteiger partial charge in [0.25, 0.3) is 0 Å². The molecule has 0 radical (unpaired) electrons. The summed E-state index contributed by atoms with van der Waals surface area (Å²) in [6.45, 7) is 6.60. The lowest BCUT2D eigenvalue weighted by molar-refractivity contribution is 0.355. The van der Waals surface area contributed by atoms with Crippen LogP contribution in [-0.4, -0.2) is 24.2 Å². The number of methoxy groups -OCH3 is 2. The molecule has 0 spiro atoms. The molecule has 28 heavy (non-hydrogen) atoms. The van der Waals surface area contributed by atoms with Crippen LogP contribution in [0, 0.1) is 0 Å². The molecule has 0 fully saturated rings. The minimum absolute atomic E-state index is 0.129. The Kier molecular flexibility index (Phi) is 5.68. The molecule has 1 aromatic heterocycles. The van der Waals surface area contributed by atoms with Crippen LogP contribution in [0.15, 0.2) is 54.7 Å². The maximum absolute atomic E-state index is 5.33. The second-order valence-corrected chi connectivity index (χ2v) is 7.41. The van der Waals surface area contributed by atoms with Gasteiger partial charge in [-0.15, -0.1) is 0 Å². The fourth-order valence-electron chi connectivity index (χ4n) is 2.73. The molecular weight excluding hydrogens is 352 g/mol. The van der Waals surface area contributed by atoms with E-state index in [0.717, 1.165) is 11.4 Å². The molecule has 146 valence electrons. The van der Waals surface area contributed by atoms with Crippen LogP contribution < -0.4 is 20.1 Å². The Morgan fingerprint density at radius 3 is 2.11 bits per heavy atom. The van der Waals surface area contributed by atoms with Crippen molar-refractivity contribution in [3.05, 3.63) is 60.3 Å². The van der Waals surface area contributed by atoms with Gasteiger partial charge in [0.1, 0.15) is 5.82 Å². The normalized spacial score (nSPS) is 11.0. The highest BCUT2D eigenvalue weighted by Crippen LogP contribution is 2.31. The van der Waals surface area contributed by atoms with Gasteiger partial charge >= 0.3 is 0 Å². The minimum atomic E-state index is 0.129. The summed E-state index contributed by atoms with van der Waals surface area (Å²) in [5.74, 6) is 2.51.